The Bertz CT molecular complexity index is 1040. The lowest BCUT2D eigenvalue weighted by Crippen LogP contribution is -2.28. The molecule has 0 radical (unpaired) electrons. The molecule has 6 nitrogen and oxygen atoms in total. The number of ether oxygens (including phenoxy) is 2. The van der Waals surface area contributed by atoms with Crippen LogP contribution in [0.1, 0.15) is 99.8 Å². The lowest BCUT2D eigenvalue weighted by molar-refractivity contribution is 0.0903. The quantitative estimate of drug-likeness (QED) is 0.249. The maximum Gasteiger partial charge on any atom is 0.0961 e. The summed E-state index contributed by atoms with van der Waals surface area (Å²) >= 11 is 1.72. The van der Waals surface area contributed by atoms with E-state index < -0.39 is 0 Å². The molecular weight excluding hydrogens is 504 g/mol. The topological polar surface area (TPSA) is 50.7 Å². The molecule has 0 aromatic carbocycles. The Balaban J connectivity index is 1.40. The number of nitrogens with zero attached hydrogens (tertiary/aromatic N) is 4. The zero-order valence-electron chi connectivity index (χ0n) is 25.1. The lowest BCUT2D eigenvalue weighted by atomic mass is 9.93. The van der Waals surface area contributed by atoms with E-state index in [0.29, 0.717) is 23.9 Å². The van der Waals surface area contributed by atoms with E-state index in [1.54, 1.807) is 11.8 Å². The number of hydrogen-bond acceptors (Lipinski definition) is 7. The van der Waals surface area contributed by atoms with Crippen molar-refractivity contribution in [1.29, 1.82) is 0 Å². The molecule has 0 saturated carbocycles. The van der Waals surface area contributed by atoms with E-state index in [1.165, 1.54) is 28.2 Å². The van der Waals surface area contributed by atoms with Gasteiger partial charge >= 0.3 is 0 Å². The van der Waals surface area contributed by atoms with Crippen molar-refractivity contribution in [1.82, 2.24) is 19.8 Å². The summed E-state index contributed by atoms with van der Waals surface area (Å²) in [4.78, 5) is 15.2. The highest BCUT2D eigenvalue weighted by Gasteiger charge is 2.30. The van der Waals surface area contributed by atoms with Gasteiger partial charge in [-0.2, -0.15) is 0 Å². The Morgan fingerprint density at radius 3 is 2.26 bits per heavy atom. The van der Waals surface area contributed by atoms with E-state index in [2.05, 4.69) is 74.9 Å². The number of hydrogen-bond donors (Lipinski definition) is 0. The zero-order valence-corrected chi connectivity index (χ0v) is 25.9. The molecule has 2 aliphatic rings. The summed E-state index contributed by atoms with van der Waals surface area (Å²) in [5.41, 5.74) is 6.42. The van der Waals surface area contributed by atoms with Crippen molar-refractivity contribution in [3.8, 4) is 0 Å². The highest BCUT2D eigenvalue weighted by atomic mass is 32.2. The predicted molar refractivity (Wildman–Crippen MR) is 162 cm³/mol. The van der Waals surface area contributed by atoms with Gasteiger partial charge in [0, 0.05) is 43.8 Å². The predicted octanol–water partition coefficient (Wildman–Crippen LogP) is 6.45. The molecule has 0 bridgehead atoms. The van der Waals surface area contributed by atoms with Crippen molar-refractivity contribution in [2.75, 3.05) is 52.3 Å². The summed E-state index contributed by atoms with van der Waals surface area (Å²) in [6.07, 6.45) is 5.63. The number of aromatic nitrogens is 2. The molecule has 2 saturated heterocycles. The molecule has 7 heteroatoms. The fourth-order valence-corrected chi connectivity index (χ4v) is 6.31. The van der Waals surface area contributed by atoms with Gasteiger partial charge in [-0.05, 0) is 74.3 Å². The van der Waals surface area contributed by atoms with Crippen LogP contribution in [0.4, 0.5) is 0 Å². The highest BCUT2D eigenvalue weighted by molar-refractivity contribution is 7.98. The molecule has 2 fully saturated rings. The molecule has 0 spiro atoms. The van der Waals surface area contributed by atoms with Gasteiger partial charge in [0.05, 0.1) is 35.7 Å². The Hall–Kier alpha value is -1.51. The fraction of sp³-hybridized carbons (Fsp3) is 0.688. The molecule has 2 unspecified atom stereocenters. The Labute approximate surface area is 241 Å². The van der Waals surface area contributed by atoms with E-state index in [4.69, 9.17) is 19.4 Å². The third kappa shape index (κ3) is 8.04. The monoisotopic (exact) mass is 554 g/mol. The van der Waals surface area contributed by atoms with Crippen LogP contribution in [0.15, 0.2) is 29.3 Å². The summed E-state index contributed by atoms with van der Waals surface area (Å²) in [7, 11) is 0. The van der Waals surface area contributed by atoms with Gasteiger partial charge in [0.2, 0.25) is 0 Å². The van der Waals surface area contributed by atoms with E-state index in [0.717, 1.165) is 83.4 Å². The molecular formula is C32H50N4O2S. The van der Waals surface area contributed by atoms with Crippen LogP contribution in [-0.4, -0.2) is 78.1 Å². The largest absolute Gasteiger partial charge is 0.381 e. The van der Waals surface area contributed by atoms with Crippen molar-refractivity contribution >= 4 is 11.8 Å². The number of pyridine rings is 2. The highest BCUT2D eigenvalue weighted by Crippen LogP contribution is 2.34. The fourth-order valence-electron chi connectivity index (χ4n) is 5.90. The molecule has 4 rings (SSSR count). The minimum Gasteiger partial charge on any atom is -0.381 e. The molecule has 2 aliphatic heterocycles. The van der Waals surface area contributed by atoms with Crippen molar-refractivity contribution in [3.05, 3.63) is 52.5 Å². The maximum absolute atomic E-state index is 6.38. The number of thioether (sulfide) groups is 1. The van der Waals surface area contributed by atoms with Crippen molar-refractivity contribution in [2.24, 2.45) is 0 Å². The summed E-state index contributed by atoms with van der Waals surface area (Å²) in [6.45, 7) is 19.6. The summed E-state index contributed by atoms with van der Waals surface area (Å²) < 4.78 is 12.1. The van der Waals surface area contributed by atoms with Gasteiger partial charge in [0.15, 0.2) is 0 Å². The van der Waals surface area contributed by atoms with Crippen LogP contribution in [0.5, 0.6) is 0 Å². The SMILES string of the molecule is CCN(CC)Cc1nc(SC)ccc1C1COC(CCN(CC)Cc2nc(C(C)C)ccc2[C@H]2CCOC2)C1. The normalized spacial score (nSPS) is 21.6. The smallest absolute Gasteiger partial charge is 0.0961 e. The first-order chi connectivity index (χ1) is 18.9. The second-order valence-electron chi connectivity index (χ2n) is 11.4. The standard InChI is InChI=1S/C32H50N4O2S/c1-7-35(8-2)19-31-28(11-13-32(34-31)39-6)25-18-26(38-22-25)14-16-36(9-3)20-30-27(24-15-17-37-21-24)10-12-29(33-30)23(4)5/h10-13,23-26H,7-9,14-22H2,1-6H3/t24-,25?,26?/m0/s1. The van der Waals surface area contributed by atoms with Crippen LogP contribution in [0.25, 0.3) is 0 Å². The second-order valence-corrected chi connectivity index (χ2v) is 12.2. The van der Waals surface area contributed by atoms with Crippen LogP contribution in [0.2, 0.25) is 0 Å². The maximum atomic E-state index is 6.38. The molecule has 0 amide bonds. The average molecular weight is 555 g/mol. The molecule has 216 valence electrons. The first-order valence-electron chi connectivity index (χ1n) is 15.1. The summed E-state index contributed by atoms with van der Waals surface area (Å²) in [6, 6.07) is 9.04. The van der Waals surface area contributed by atoms with E-state index in [9.17, 15) is 0 Å². The van der Waals surface area contributed by atoms with Crippen molar-refractivity contribution in [3.63, 3.8) is 0 Å². The second kappa shape index (κ2) is 14.9. The van der Waals surface area contributed by atoms with Crippen LogP contribution >= 0.6 is 11.8 Å². The van der Waals surface area contributed by atoms with Gasteiger partial charge < -0.3 is 9.47 Å². The Morgan fingerprint density at radius 2 is 1.59 bits per heavy atom. The van der Waals surface area contributed by atoms with E-state index >= 15 is 0 Å². The van der Waals surface area contributed by atoms with Crippen molar-refractivity contribution < 1.29 is 9.47 Å². The molecule has 39 heavy (non-hydrogen) atoms. The lowest BCUT2D eigenvalue weighted by Gasteiger charge is -2.25. The third-order valence-electron chi connectivity index (χ3n) is 8.56. The average Bonchev–Trinajstić information content (AvgIpc) is 3.66. The van der Waals surface area contributed by atoms with Gasteiger partial charge in [-0.15, -0.1) is 11.8 Å². The van der Waals surface area contributed by atoms with Crippen molar-refractivity contribution in [2.45, 2.75) is 95.9 Å². The summed E-state index contributed by atoms with van der Waals surface area (Å²) in [5, 5.41) is 1.11. The third-order valence-corrected chi connectivity index (χ3v) is 9.21. The molecule has 2 aromatic heterocycles. The van der Waals surface area contributed by atoms with Crippen LogP contribution in [-0.2, 0) is 22.6 Å². The zero-order chi connectivity index (χ0) is 27.8. The van der Waals surface area contributed by atoms with Gasteiger partial charge in [0.25, 0.3) is 0 Å². The minimum absolute atomic E-state index is 0.295. The van der Waals surface area contributed by atoms with Gasteiger partial charge in [0.1, 0.15) is 0 Å². The van der Waals surface area contributed by atoms with Gasteiger partial charge in [-0.3, -0.25) is 14.8 Å². The molecule has 0 N–H and O–H groups in total. The molecule has 2 aromatic rings. The first kappa shape index (κ1) is 30.4. The Kier molecular flexibility index (Phi) is 11.7. The van der Waals surface area contributed by atoms with Gasteiger partial charge in [-0.1, -0.05) is 46.8 Å². The van der Waals surface area contributed by atoms with Gasteiger partial charge in [-0.25, -0.2) is 4.98 Å². The van der Waals surface area contributed by atoms with Crippen LogP contribution in [0, 0.1) is 0 Å². The molecule has 0 aliphatic carbocycles. The molecule has 3 atom stereocenters. The Morgan fingerprint density at radius 1 is 0.897 bits per heavy atom. The first-order valence-corrected chi connectivity index (χ1v) is 16.4. The van der Waals surface area contributed by atoms with Crippen LogP contribution < -0.4 is 0 Å². The van der Waals surface area contributed by atoms with E-state index in [-0.39, 0.29) is 0 Å². The molecule has 4 heterocycles. The number of rotatable bonds is 14. The van der Waals surface area contributed by atoms with E-state index in [1.807, 2.05) is 0 Å². The summed E-state index contributed by atoms with van der Waals surface area (Å²) in [5.74, 6) is 1.34. The van der Waals surface area contributed by atoms with Crippen LogP contribution in [0.3, 0.4) is 0 Å². The minimum atomic E-state index is 0.295.